The second-order valence-corrected chi connectivity index (χ2v) is 5.43. The van der Waals surface area contributed by atoms with Crippen LogP contribution in [0.25, 0.3) is 0 Å². The van der Waals surface area contributed by atoms with Crippen LogP contribution in [-0.2, 0) is 19.4 Å². The van der Waals surface area contributed by atoms with Gasteiger partial charge in [-0.2, -0.15) is 5.10 Å². The molecule has 0 aliphatic heterocycles. The van der Waals surface area contributed by atoms with Crippen molar-refractivity contribution >= 4 is 0 Å². The van der Waals surface area contributed by atoms with Gasteiger partial charge in [0.05, 0.1) is 11.3 Å². The number of rotatable bonds is 8. The SMILES string of the molecule is CCCCCC(C)(O)Cc1cc(CC)nn1CC. The van der Waals surface area contributed by atoms with Gasteiger partial charge in [-0.15, -0.1) is 0 Å². The Hall–Kier alpha value is -0.830. The quantitative estimate of drug-likeness (QED) is 0.721. The van der Waals surface area contributed by atoms with Crippen LogP contribution < -0.4 is 0 Å². The first-order valence-electron chi connectivity index (χ1n) is 7.30. The van der Waals surface area contributed by atoms with Crippen LogP contribution >= 0.6 is 0 Å². The molecule has 0 aliphatic rings. The summed E-state index contributed by atoms with van der Waals surface area (Å²) in [5.74, 6) is 0. The van der Waals surface area contributed by atoms with Crippen LogP contribution in [0.1, 0.15) is 64.8 Å². The number of unbranched alkanes of at least 4 members (excludes halogenated alkanes) is 2. The summed E-state index contributed by atoms with van der Waals surface area (Å²) in [6, 6.07) is 2.14. The lowest BCUT2D eigenvalue weighted by atomic mass is 9.93. The van der Waals surface area contributed by atoms with E-state index in [0.29, 0.717) is 6.42 Å². The summed E-state index contributed by atoms with van der Waals surface area (Å²) >= 11 is 0. The zero-order valence-electron chi connectivity index (χ0n) is 12.4. The summed E-state index contributed by atoms with van der Waals surface area (Å²) in [5, 5.41) is 15.0. The number of hydrogen-bond acceptors (Lipinski definition) is 2. The first-order valence-corrected chi connectivity index (χ1v) is 7.30. The predicted octanol–water partition coefficient (Wildman–Crippen LogP) is 3.34. The Balaban J connectivity index is 2.66. The smallest absolute Gasteiger partial charge is 0.0674 e. The van der Waals surface area contributed by atoms with Crippen LogP contribution in [0, 0.1) is 0 Å². The molecule has 0 spiro atoms. The summed E-state index contributed by atoms with van der Waals surface area (Å²) in [5.41, 5.74) is 1.68. The van der Waals surface area contributed by atoms with E-state index in [9.17, 15) is 5.11 Å². The van der Waals surface area contributed by atoms with Crippen molar-refractivity contribution in [3.8, 4) is 0 Å². The van der Waals surface area contributed by atoms with Gasteiger partial charge in [0, 0.05) is 18.7 Å². The van der Waals surface area contributed by atoms with Crippen molar-refractivity contribution in [1.29, 1.82) is 0 Å². The second-order valence-electron chi connectivity index (χ2n) is 5.43. The van der Waals surface area contributed by atoms with E-state index in [4.69, 9.17) is 0 Å². The molecule has 0 aromatic carbocycles. The molecule has 1 heterocycles. The van der Waals surface area contributed by atoms with E-state index in [0.717, 1.165) is 37.2 Å². The van der Waals surface area contributed by atoms with Crippen LogP contribution in [0.3, 0.4) is 0 Å². The summed E-state index contributed by atoms with van der Waals surface area (Å²) in [6.45, 7) is 9.23. The summed E-state index contributed by atoms with van der Waals surface area (Å²) in [4.78, 5) is 0. The van der Waals surface area contributed by atoms with Crippen molar-refractivity contribution in [2.45, 2.75) is 78.4 Å². The zero-order valence-corrected chi connectivity index (χ0v) is 12.4. The van der Waals surface area contributed by atoms with Gasteiger partial charge in [-0.25, -0.2) is 0 Å². The van der Waals surface area contributed by atoms with Gasteiger partial charge in [0.25, 0.3) is 0 Å². The van der Waals surface area contributed by atoms with Crippen LogP contribution in [0.15, 0.2) is 6.07 Å². The lowest BCUT2D eigenvalue weighted by Gasteiger charge is -2.23. The highest BCUT2D eigenvalue weighted by molar-refractivity contribution is 5.12. The molecular formula is C15H28N2O. The van der Waals surface area contributed by atoms with E-state index < -0.39 is 5.60 Å². The van der Waals surface area contributed by atoms with E-state index in [1.807, 2.05) is 11.6 Å². The average molecular weight is 252 g/mol. The number of hydrogen-bond donors (Lipinski definition) is 1. The average Bonchev–Trinajstić information content (AvgIpc) is 2.70. The molecule has 1 aromatic rings. The van der Waals surface area contributed by atoms with Gasteiger partial charge < -0.3 is 5.11 Å². The number of aromatic nitrogens is 2. The Morgan fingerprint density at radius 3 is 2.56 bits per heavy atom. The molecule has 0 radical (unpaired) electrons. The van der Waals surface area contributed by atoms with Crippen LogP contribution in [0.5, 0.6) is 0 Å². The highest BCUT2D eigenvalue weighted by Gasteiger charge is 2.22. The number of aryl methyl sites for hydroxylation is 2. The Morgan fingerprint density at radius 2 is 2.00 bits per heavy atom. The molecule has 104 valence electrons. The van der Waals surface area contributed by atoms with Crippen LogP contribution in [0.2, 0.25) is 0 Å². The fourth-order valence-corrected chi connectivity index (χ4v) is 2.34. The molecule has 1 N–H and O–H groups in total. The van der Waals surface area contributed by atoms with Crippen molar-refractivity contribution < 1.29 is 5.11 Å². The summed E-state index contributed by atoms with van der Waals surface area (Å²) in [7, 11) is 0. The predicted molar refractivity (Wildman–Crippen MR) is 75.7 cm³/mol. The van der Waals surface area contributed by atoms with E-state index in [-0.39, 0.29) is 0 Å². The first-order chi connectivity index (χ1) is 8.52. The van der Waals surface area contributed by atoms with Gasteiger partial charge in [-0.3, -0.25) is 4.68 Å². The molecule has 0 bridgehead atoms. The Bertz CT molecular complexity index is 355. The molecule has 0 fully saturated rings. The molecule has 0 aliphatic carbocycles. The minimum Gasteiger partial charge on any atom is -0.390 e. The Kier molecular flexibility index (Phi) is 5.86. The highest BCUT2D eigenvalue weighted by Crippen LogP contribution is 2.21. The van der Waals surface area contributed by atoms with Crippen molar-refractivity contribution in [2.24, 2.45) is 0 Å². The second kappa shape index (κ2) is 6.93. The Labute approximate surface area is 111 Å². The summed E-state index contributed by atoms with van der Waals surface area (Å²) in [6.07, 6.45) is 6.03. The van der Waals surface area contributed by atoms with Crippen LogP contribution in [-0.4, -0.2) is 20.5 Å². The molecule has 1 aromatic heterocycles. The molecule has 3 nitrogen and oxygen atoms in total. The minimum atomic E-state index is -0.604. The third-order valence-corrected chi connectivity index (χ3v) is 3.46. The van der Waals surface area contributed by atoms with E-state index in [1.165, 1.54) is 12.8 Å². The largest absolute Gasteiger partial charge is 0.390 e. The first kappa shape index (κ1) is 15.2. The number of aliphatic hydroxyl groups is 1. The van der Waals surface area contributed by atoms with E-state index >= 15 is 0 Å². The molecule has 18 heavy (non-hydrogen) atoms. The van der Waals surface area contributed by atoms with Gasteiger partial charge >= 0.3 is 0 Å². The lowest BCUT2D eigenvalue weighted by Crippen LogP contribution is -2.28. The maximum Gasteiger partial charge on any atom is 0.0674 e. The fourth-order valence-electron chi connectivity index (χ4n) is 2.34. The fraction of sp³-hybridized carbons (Fsp3) is 0.800. The van der Waals surface area contributed by atoms with Crippen molar-refractivity contribution in [3.05, 3.63) is 17.5 Å². The zero-order chi connectivity index (χ0) is 13.6. The minimum absolute atomic E-state index is 0.604. The normalized spacial score (nSPS) is 14.7. The standard InChI is InChI=1S/C15H28N2O/c1-5-8-9-10-15(4,18)12-14-11-13(6-2)16-17(14)7-3/h11,18H,5-10,12H2,1-4H3. The molecule has 1 atom stereocenters. The molecule has 0 saturated carbocycles. The van der Waals surface area contributed by atoms with Gasteiger partial charge in [-0.1, -0.05) is 33.1 Å². The van der Waals surface area contributed by atoms with Crippen LogP contribution in [0.4, 0.5) is 0 Å². The van der Waals surface area contributed by atoms with Gasteiger partial charge in [0.2, 0.25) is 0 Å². The topological polar surface area (TPSA) is 38.1 Å². The summed E-state index contributed by atoms with van der Waals surface area (Å²) < 4.78 is 2.02. The van der Waals surface area contributed by atoms with E-state index in [1.54, 1.807) is 0 Å². The van der Waals surface area contributed by atoms with Crippen molar-refractivity contribution in [3.63, 3.8) is 0 Å². The molecule has 3 heteroatoms. The van der Waals surface area contributed by atoms with Crippen molar-refractivity contribution in [1.82, 2.24) is 9.78 Å². The molecule has 0 saturated heterocycles. The maximum atomic E-state index is 10.5. The number of nitrogens with zero attached hydrogens (tertiary/aromatic N) is 2. The van der Waals surface area contributed by atoms with Crippen molar-refractivity contribution in [2.75, 3.05) is 0 Å². The third-order valence-electron chi connectivity index (χ3n) is 3.46. The highest BCUT2D eigenvalue weighted by atomic mass is 16.3. The van der Waals surface area contributed by atoms with E-state index in [2.05, 4.69) is 31.9 Å². The van der Waals surface area contributed by atoms with Gasteiger partial charge in [0.15, 0.2) is 0 Å². The lowest BCUT2D eigenvalue weighted by molar-refractivity contribution is 0.0465. The molecule has 1 rings (SSSR count). The van der Waals surface area contributed by atoms with Gasteiger partial charge in [0.1, 0.15) is 0 Å². The molecule has 0 amide bonds. The maximum absolute atomic E-state index is 10.5. The third kappa shape index (κ3) is 4.45. The molecular weight excluding hydrogens is 224 g/mol. The Morgan fingerprint density at radius 1 is 1.28 bits per heavy atom. The van der Waals surface area contributed by atoms with Gasteiger partial charge in [-0.05, 0) is 32.8 Å². The molecule has 1 unspecified atom stereocenters. The monoisotopic (exact) mass is 252 g/mol.